The third-order valence-corrected chi connectivity index (χ3v) is 3.67. The monoisotopic (exact) mass is 255 g/mol. The van der Waals surface area contributed by atoms with Crippen LogP contribution in [0.1, 0.15) is 11.5 Å². The van der Waals surface area contributed by atoms with Crippen LogP contribution in [0.2, 0.25) is 0 Å². The SMILES string of the molecule is CN[C@@H]1C2Oc3ccc(Oc4ccncn4)cc3C21. The molecule has 96 valence electrons. The Kier molecular flexibility index (Phi) is 2.22. The summed E-state index contributed by atoms with van der Waals surface area (Å²) in [6.45, 7) is 0. The molecule has 3 atom stereocenters. The number of fused-ring (bicyclic) bond motifs is 3. The normalized spacial score (nSPS) is 26.3. The first-order valence-electron chi connectivity index (χ1n) is 6.28. The lowest BCUT2D eigenvalue weighted by atomic mass is 10.1. The van der Waals surface area contributed by atoms with E-state index in [0.29, 0.717) is 17.8 Å². The molecule has 0 spiro atoms. The number of rotatable bonds is 3. The zero-order valence-corrected chi connectivity index (χ0v) is 10.4. The second kappa shape index (κ2) is 3.93. The summed E-state index contributed by atoms with van der Waals surface area (Å²) in [5.41, 5.74) is 1.22. The van der Waals surface area contributed by atoms with Gasteiger partial charge in [-0.25, -0.2) is 9.97 Å². The summed E-state index contributed by atoms with van der Waals surface area (Å²) in [5, 5.41) is 3.26. The van der Waals surface area contributed by atoms with Crippen molar-refractivity contribution in [2.24, 2.45) is 0 Å². The van der Waals surface area contributed by atoms with Gasteiger partial charge in [0.1, 0.15) is 23.9 Å². The van der Waals surface area contributed by atoms with E-state index < -0.39 is 0 Å². The first-order chi connectivity index (χ1) is 9.36. The fourth-order valence-corrected chi connectivity index (χ4v) is 2.71. The first-order valence-corrected chi connectivity index (χ1v) is 6.28. The third-order valence-electron chi connectivity index (χ3n) is 3.67. The molecular weight excluding hydrogens is 242 g/mol. The van der Waals surface area contributed by atoms with Gasteiger partial charge in [0, 0.05) is 23.7 Å². The molecule has 1 aliphatic carbocycles. The number of ether oxygens (including phenoxy) is 2. The minimum Gasteiger partial charge on any atom is -0.488 e. The molecule has 1 N–H and O–H groups in total. The highest BCUT2D eigenvalue weighted by Crippen LogP contribution is 2.54. The molecule has 2 aromatic rings. The maximum Gasteiger partial charge on any atom is 0.222 e. The molecule has 0 saturated heterocycles. The molecule has 0 bridgehead atoms. The molecule has 0 amide bonds. The van der Waals surface area contributed by atoms with Crippen LogP contribution in [0.3, 0.4) is 0 Å². The van der Waals surface area contributed by atoms with Crippen LogP contribution in [-0.4, -0.2) is 29.2 Å². The number of hydrogen-bond acceptors (Lipinski definition) is 5. The van der Waals surface area contributed by atoms with Gasteiger partial charge in [0.25, 0.3) is 0 Å². The average molecular weight is 255 g/mol. The van der Waals surface area contributed by atoms with Crippen molar-refractivity contribution >= 4 is 0 Å². The van der Waals surface area contributed by atoms with Gasteiger partial charge in [0.15, 0.2) is 0 Å². The Hall–Kier alpha value is -2.14. The molecule has 0 radical (unpaired) electrons. The molecule has 1 aromatic heterocycles. The van der Waals surface area contributed by atoms with Gasteiger partial charge in [0.2, 0.25) is 5.88 Å². The maximum absolute atomic E-state index is 5.85. The van der Waals surface area contributed by atoms with E-state index in [0.717, 1.165) is 11.5 Å². The van der Waals surface area contributed by atoms with Gasteiger partial charge in [-0.1, -0.05) is 0 Å². The van der Waals surface area contributed by atoms with Crippen molar-refractivity contribution in [3.05, 3.63) is 42.4 Å². The average Bonchev–Trinajstić information content (AvgIpc) is 3.02. The summed E-state index contributed by atoms with van der Waals surface area (Å²) >= 11 is 0. The Morgan fingerprint density at radius 1 is 1.32 bits per heavy atom. The van der Waals surface area contributed by atoms with E-state index in [1.807, 2.05) is 25.2 Å². The Bertz CT molecular complexity index is 617. The predicted molar refractivity (Wildman–Crippen MR) is 68.6 cm³/mol. The van der Waals surface area contributed by atoms with Gasteiger partial charge in [-0.2, -0.15) is 0 Å². The predicted octanol–water partition coefficient (Wildman–Crippen LogP) is 1.72. The van der Waals surface area contributed by atoms with Crippen molar-refractivity contribution < 1.29 is 9.47 Å². The van der Waals surface area contributed by atoms with Gasteiger partial charge < -0.3 is 14.8 Å². The van der Waals surface area contributed by atoms with Gasteiger partial charge in [0.05, 0.1) is 6.04 Å². The molecule has 4 rings (SSSR count). The second-order valence-corrected chi connectivity index (χ2v) is 4.77. The van der Waals surface area contributed by atoms with Crippen molar-refractivity contribution in [2.75, 3.05) is 7.05 Å². The minimum atomic E-state index is 0.286. The number of nitrogens with zero attached hydrogens (tertiary/aromatic N) is 2. The second-order valence-electron chi connectivity index (χ2n) is 4.77. The van der Waals surface area contributed by atoms with Crippen molar-refractivity contribution in [2.45, 2.75) is 18.1 Å². The van der Waals surface area contributed by atoms with Gasteiger partial charge in [-0.05, 0) is 25.2 Å². The molecule has 5 nitrogen and oxygen atoms in total. The summed E-state index contributed by atoms with van der Waals surface area (Å²) in [5.74, 6) is 2.75. The highest BCUT2D eigenvalue weighted by atomic mass is 16.5. The van der Waals surface area contributed by atoms with Crippen molar-refractivity contribution in [1.29, 1.82) is 0 Å². The molecule has 2 aliphatic rings. The largest absolute Gasteiger partial charge is 0.488 e. The summed E-state index contributed by atoms with van der Waals surface area (Å²) in [6.07, 6.45) is 3.42. The number of likely N-dealkylation sites (N-methyl/N-ethyl adjacent to an activating group) is 1. The number of benzene rings is 1. The van der Waals surface area contributed by atoms with E-state index in [1.165, 1.54) is 11.9 Å². The highest BCUT2D eigenvalue weighted by Gasteiger charge is 2.58. The quantitative estimate of drug-likeness (QED) is 0.905. The standard InChI is InChI=1S/C14H13N3O2/c1-15-13-12-9-6-8(2-3-10(9)19-14(12)13)18-11-4-5-16-7-17-11/h2-7,12-15H,1H3/t12?,13-,14?/m0/s1. The van der Waals surface area contributed by atoms with Crippen LogP contribution in [0.15, 0.2) is 36.8 Å². The van der Waals surface area contributed by atoms with E-state index >= 15 is 0 Å². The molecule has 1 aromatic carbocycles. The van der Waals surface area contributed by atoms with Crippen LogP contribution in [0, 0.1) is 0 Å². The third kappa shape index (κ3) is 1.66. The Labute approximate surface area is 110 Å². The lowest BCUT2D eigenvalue weighted by Gasteiger charge is -2.10. The Balaban J connectivity index is 1.61. The highest BCUT2D eigenvalue weighted by molar-refractivity contribution is 5.52. The van der Waals surface area contributed by atoms with Gasteiger partial charge in [-0.3, -0.25) is 0 Å². The van der Waals surface area contributed by atoms with Gasteiger partial charge in [-0.15, -0.1) is 0 Å². The van der Waals surface area contributed by atoms with Crippen LogP contribution in [-0.2, 0) is 0 Å². The summed E-state index contributed by atoms with van der Waals surface area (Å²) in [6, 6.07) is 8.08. The van der Waals surface area contributed by atoms with Crippen LogP contribution in [0.4, 0.5) is 0 Å². The molecule has 19 heavy (non-hydrogen) atoms. The summed E-state index contributed by atoms with van der Waals surface area (Å²) in [4.78, 5) is 7.92. The summed E-state index contributed by atoms with van der Waals surface area (Å²) in [7, 11) is 1.97. The zero-order chi connectivity index (χ0) is 12.8. The summed E-state index contributed by atoms with van der Waals surface area (Å²) < 4.78 is 11.6. The van der Waals surface area contributed by atoms with Crippen LogP contribution >= 0.6 is 0 Å². The van der Waals surface area contributed by atoms with Crippen LogP contribution in [0.25, 0.3) is 0 Å². The lowest BCUT2D eigenvalue weighted by molar-refractivity contribution is 0.303. The first kappa shape index (κ1) is 10.8. The van der Waals surface area contributed by atoms with Crippen molar-refractivity contribution in [1.82, 2.24) is 15.3 Å². The number of hydrogen-bond donors (Lipinski definition) is 1. The van der Waals surface area contributed by atoms with Crippen LogP contribution in [0.5, 0.6) is 17.4 Å². The van der Waals surface area contributed by atoms with E-state index in [-0.39, 0.29) is 6.10 Å². The van der Waals surface area contributed by atoms with Gasteiger partial charge >= 0.3 is 0 Å². The zero-order valence-electron chi connectivity index (χ0n) is 10.4. The number of nitrogens with one attached hydrogen (secondary N) is 1. The van der Waals surface area contributed by atoms with E-state index in [2.05, 4.69) is 15.3 Å². The molecule has 5 heteroatoms. The molecule has 2 heterocycles. The molecule has 2 unspecified atom stereocenters. The van der Waals surface area contributed by atoms with Crippen molar-refractivity contribution in [3.63, 3.8) is 0 Å². The fourth-order valence-electron chi connectivity index (χ4n) is 2.71. The van der Waals surface area contributed by atoms with E-state index in [4.69, 9.17) is 9.47 Å². The maximum atomic E-state index is 5.85. The molecule has 1 saturated carbocycles. The Morgan fingerprint density at radius 2 is 2.26 bits per heavy atom. The molecular formula is C14H13N3O2. The van der Waals surface area contributed by atoms with Crippen molar-refractivity contribution in [3.8, 4) is 17.4 Å². The topological polar surface area (TPSA) is 56.3 Å². The Morgan fingerprint density at radius 3 is 3.05 bits per heavy atom. The number of aromatic nitrogens is 2. The molecule has 1 aliphatic heterocycles. The van der Waals surface area contributed by atoms with Crippen LogP contribution < -0.4 is 14.8 Å². The molecule has 1 fully saturated rings. The minimum absolute atomic E-state index is 0.286. The van der Waals surface area contributed by atoms with E-state index in [9.17, 15) is 0 Å². The lowest BCUT2D eigenvalue weighted by Crippen LogP contribution is -2.18. The van der Waals surface area contributed by atoms with E-state index in [1.54, 1.807) is 12.3 Å². The smallest absolute Gasteiger partial charge is 0.222 e. The fraction of sp³-hybridized carbons (Fsp3) is 0.286.